The lowest BCUT2D eigenvalue weighted by molar-refractivity contribution is -0.112. The van der Waals surface area contributed by atoms with E-state index < -0.39 is 0 Å². The van der Waals surface area contributed by atoms with Crippen LogP contribution in [0.15, 0.2) is 0 Å². The van der Waals surface area contributed by atoms with E-state index in [0.29, 0.717) is 12.0 Å². The lowest BCUT2D eigenvalue weighted by Gasteiger charge is -2.34. The number of carbonyl (C=O) groups excluding carboxylic acids is 1. The van der Waals surface area contributed by atoms with Crippen LogP contribution in [0.2, 0.25) is 0 Å². The standard InChI is InChI=1S/C10H19N3O/c1-12-10(11)13(2)9-5-3-8(7-14)4-6-9/h7-9H,3-6H2,1-2H3,(H2,11,12)/t8-,9-. The van der Waals surface area contributed by atoms with Crippen LogP contribution in [-0.4, -0.2) is 37.3 Å². The van der Waals surface area contributed by atoms with Crippen LogP contribution in [0, 0.1) is 11.3 Å². The summed E-state index contributed by atoms with van der Waals surface area (Å²) in [6.07, 6.45) is 5.04. The summed E-state index contributed by atoms with van der Waals surface area (Å²) in [5, 5.41) is 10.4. The Bertz CT molecular complexity index is 209. The number of hydrogen-bond donors (Lipinski definition) is 2. The maximum absolute atomic E-state index is 10.6. The second-order valence-electron chi connectivity index (χ2n) is 3.91. The van der Waals surface area contributed by atoms with E-state index in [1.165, 1.54) is 0 Å². The highest BCUT2D eigenvalue weighted by atomic mass is 16.1. The quantitative estimate of drug-likeness (QED) is 0.391. The average Bonchev–Trinajstić information content (AvgIpc) is 2.27. The minimum atomic E-state index is 0.253. The zero-order valence-corrected chi connectivity index (χ0v) is 8.92. The first-order valence-corrected chi connectivity index (χ1v) is 5.13. The molecule has 1 rings (SSSR count). The van der Waals surface area contributed by atoms with Gasteiger partial charge in [-0.25, -0.2) is 0 Å². The Labute approximate surface area is 85.2 Å². The fourth-order valence-corrected chi connectivity index (χ4v) is 1.98. The molecule has 1 aliphatic rings. The van der Waals surface area contributed by atoms with Crippen LogP contribution in [0.1, 0.15) is 25.7 Å². The first-order chi connectivity index (χ1) is 6.69. The number of carbonyl (C=O) groups is 1. The Kier molecular flexibility index (Phi) is 3.92. The summed E-state index contributed by atoms with van der Waals surface area (Å²) in [6.45, 7) is 0. The zero-order chi connectivity index (χ0) is 10.6. The van der Waals surface area contributed by atoms with Gasteiger partial charge in [-0.1, -0.05) is 0 Å². The van der Waals surface area contributed by atoms with Crippen LogP contribution < -0.4 is 5.32 Å². The van der Waals surface area contributed by atoms with Crippen molar-refractivity contribution in [3.8, 4) is 0 Å². The van der Waals surface area contributed by atoms with E-state index in [1.807, 2.05) is 11.9 Å². The van der Waals surface area contributed by atoms with Crippen molar-refractivity contribution in [1.29, 1.82) is 5.41 Å². The van der Waals surface area contributed by atoms with Gasteiger partial charge in [0.15, 0.2) is 5.96 Å². The Morgan fingerprint density at radius 1 is 1.43 bits per heavy atom. The Morgan fingerprint density at radius 2 is 2.00 bits per heavy atom. The van der Waals surface area contributed by atoms with Crippen LogP contribution in [0.5, 0.6) is 0 Å². The lowest BCUT2D eigenvalue weighted by Crippen LogP contribution is -2.44. The van der Waals surface area contributed by atoms with Crippen LogP contribution in [-0.2, 0) is 4.79 Å². The number of rotatable bonds is 2. The Balaban J connectivity index is 2.41. The number of aldehydes is 1. The van der Waals surface area contributed by atoms with Gasteiger partial charge < -0.3 is 15.0 Å². The largest absolute Gasteiger partial charge is 0.359 e. The minimum absolute atomic E-state index is 0.253. The summed E-state index contributed by atoms with van der Waals surface area (Å²) in [6, 6.07) is 0.422. The van der Waals surface area contributed by atoms with Gasteiger partial charge in [0, 0.05) is 26.1 Å². The van der Waals surface area contributed by atoms with Crippen molar-refractivity contribution in [3.63, 3.8) is 0 Å². The topological polar surface area (TPSA) is 56.2 Å². The molecule has 4 heteroatoms. The number of nitrogens with zero attached hydrogens (tertiary/aromatic N) is 1. The lowest BCUT2D eigenvalue weighted by atomic mass is 9.86. The van der Waals surface area contributed by atoms with Gasteiger partial charge in [0.25, 0.3) is 0 Å². The fourth-order valence-electron chi connectivity index (χ4n) is 1.98. The molecule has 4 nitrogen and oxygen atoms in total. The number of nitrogens with one attached hydrogen (secondary N) is 2. The molecule has 0 spiro atoms. The Morgan fingerprint density at radius 3 is 2.43 bits per heavy atom. The van der Waals surface area contributed by atoms with E-state index in [4.69, 9.17) is 5.41 Å². The summed E-state index contributed by atoms with van der Waals surface area (Å²) in [5.41, 5.74) is 0. The molecule has 0 atom stereocenters. The molecule has 0 radical (unpaired) electrons. The molecular formula is C10H19N3O. The van der Waals surface area contributed by atoms with E-state index in [-0.39, 0.29) is 5.92 Å². The van der Waals surface area contributed by atoms with Crippen molar-refractivity contribution in [3.05, 3.63) is 0 Å². The molecular weight excluding hydrogens is 178 g/mol. The first-order valence-electron chi connectivity index (χ1n) is 5.13. The van der Waals surface area contributed by atoms with Gasteiger partial charge in [0.1, 0.15) is 6.29 Å². The van der Waals surface area contributed by atoms with E-state index in [0.717, 1.165) is 32.0 Å². The normalized spacial score (nSPS) is 26.7. The third kappa shape index (κ3) is 2.47. The van der Waals surface area contributed by atoms with Crippen molar-refractivity contribution in [2.45, 2.75) is 31.7 Å². The average molecular weight is 197 g/mol. The van der Waals surface area contributed by atoms with Crippen LogP contribution in [0.25, 0.3) is 0 Å². The van der Waals surface area contributed by atoms with Crippen LogP contribution >= 0.6 is 0 Å². The summed E-state index contributed by atoms with van der Waals surface area (Å²) < 4.78 is 0. The van der Waals surface area contributed by atoms with E-state index in [1.54, 1.807) is 7.05 Å². The predicted octanol–water partition coefficient (Wildman–Crippen LogP) is 0.830. The van der Waals surface area contributed by atoms with Gasteiger partial charge in [-0.2, -0.15) is 0 Å². The van der Waals surface area contributed by atoms with Gasteiger partial charge in [-0.15, -0.1) is 0 Å². The van der Waals surface area contributed by atoms with Gasteiger partial charge in [-0.3, -0.25) is 5.41 Å². The molecule has 14 heavy (non-hydrogen) atoms. The molecule has 0 aromatic heterocycles. The summed E-state index contributed by atoms with van der Waals surface area (Å²) in [5.74, 6) is 0.711. The molecule has 1 aliphatic carbocycles. The summed E-state index contributed by atoms with van der Waals surface area (Å²) in [7, 11) is 3.70. The van der Waals surface area contributed by atoms with Crippen molar-refractivity contribution in [1.82, 2.24) is 10.2 Å². The van der Waals surface area contributed by atoms with Crippen molar-refractivity contribution in [2.24, 2.45) is 5.92 Å². The third-order valence-electron chi connectivity index (χ3n) is 3.07. The van der Waals surface area contributed by atoms with Crippen molar-refractivity contribution in [2.75, 3.05) is 14.1 Å². The molecule has 80 valence electrons. The van der Waals surface area contributed by atoms with E-state index in [2.05, 4.69) is 5.32 Å². The molecule has 1 fully saturated rings. The fraction of sp³-hybridized carbons (Fsp3) is 0.800. The molecule has 1 saturated carbocycles. The number of hydrogen-bond acceptors (Lipinski definition) is 2. The zero-order valence-electron chi connectivity index (χ0n) is 8.92. The number of guanidine groups is 1. The molecule has 0 amide bonds. The van der Waals surface area contributed by atoms with E-state index >= 15 is 0 Å². The Hall–Kier alpha value is -1.06. The SMILES string of the molecule is CNC(=N)N(C)[C@H]1CC[C@H](C=O)CC1. The van der Waals surface area contributed by atoms with Crippen LogP contribution in [0.4, 0.5) is 0 Å². The van der Waals surface area contributed by atoms with E-state index in [9.17, 15) is 4.79 Å². The molecule has 2 N–H and O–H groups in total. The van der Waals surface area contributed by atoms with Crippen molar-refractivity contribution >= 4 is 12.2 Å². The maximum atomic E-state index is 10.6. The second kappa shape index (κ2) is 4.98. The summed E-state index contributed by atoms with van der Waals surface area (Å²) >= 11 is 0. The van der Waals surface area contributed by atoms with Crippen molar-refractivity contribution < 1.29 is 4.79 Å². The second-order valence-corrected chi connectivity index (χ2v) is 3.91. The first kappa shape index (κ1) is 11.0. The monoisotopic (exact) mass is 197 g/mol. The maximum Gasteiger partial charge on any atom is 0.190 e. The third-order valence-corrected chi connectivity index (χ3v) is 3.07. The molecule has 0 aromatic rings. The predicted molar refractivity (Wildman–Crippen MR) is 56.4 cm³/mol. The molecule has 0 unspecified atom stereocenters. The highest BCUT2D eigenvalue weighted by Gasteiger charge is 2.24. The van der Waals surface area contributed by atoms with Gasteiger partial charge in [0.2, 0.25) is 0 Å². The minimum Gasteiger partial charge on any atom is -0.359 e. The highest BCUT2D eigenvalue weighted by Crippen LogP contribution is 2.25. The van der Waals surface area contributed by atoms with Gasteiger partial charge in [0.05, 0.1) is 0 Å². The summed E-state index contributed by atoms with van der Waals surface area (Å²) in [4.78, 5) is 12.5. The molecule has 0 aliphatic heterocycles. The van der Waals surface area contributed by atoms with Crippen LogP contribution in [0.3, 0.4) is 0 Å². The molecule has 0 saturated heterocycles. The highest BCUT2D eigenvalue weighted by molar-refractivity contribution is 5.76. The molecule has 0 heterocycles. The van der Waals surface area contributed by atoms with Gasteiger partial charge in [-0.05, 0) is 25.7 Å². The van der Waals surface area contributed by atoms with Gasteiger partial charge >= 0.3 is 0 Å². The molecule has 0 aromatic carbocycles. The smallest absolute Gasteiger partial charge is 0.190 e. The molecule has 0 bridgehead atoms.